The van der Waals surface area contributed by atoms with E-state index in [0.717, 1.165) is 43.9 Å². The third kappa shape index (κ3) is 8.70. The summed E-state index contributed by atoms with van der Waals surface area (Å²) in [5.41, 5.74) is 5.21. The van der Waals surface area contributed by atoms with Crippen LogP contribution in [0.4, 0.5) is 0 Å². The molecule has 0 saturated heterocycles. The number of fused-ring (bicyclic) bond motifs is 1. The van der Waals surface area contributed by atoms with Crippen molar-refractivity contribution in [1.29, 1.82) is 0 Å². The summed E-state index contributed by atoms with van der Waals surface area (Å²) in [6.45, 7) is 16.3. The van der Waals surface area contributed by atoms with Crippen LogP contribution in [-0.4, -0.2) is 22.9 Å². The van der Waals surface area contributed by atoms with Crippen molar-refractivity contribution in [2.24, 2.45) is 22.7 Å². The molecule has 2 nitrogen and oxygen atoms in total. The van der Waals surface area contributed by atoms with Crippen LogP contribution >= 0.6 is 0 Å². The van der Waals surface area contributed by atoms with Crippen LogP contribution in [0.1, 0.15) is 125 Å². The van der Waals surface area contributed by atoms with Crippen molar-refractivity contribution in [2.75, 3.05) is 6.61 Å². The molecule has 0 radical (unpaired) electrons. The van der Waals surface area contributed by atoms with Gasteiger partial charge in [-0.15, -0.1) is 0 Å². The number of hydrogen-bond acceptors (Lipinski definition) is 2. The Morgan fingerprint density at radius 1 is 1.06 bits per heavy atom. The van der Waals surface area contributed by atoms with Gasteiger partial charge in [-0.05, 0) is 98.9 Å². The van der Waals surface area contributed by atoms with Crippen molar-refractivity contribution in [3.8, 4) is 0 Å². The van der Waals surface area contributed by atoms with Gasteiger partial charge < -0.3 is 10.2 Å². The summed E-state index contributed by atoms with van der Waals surface area (Å²) >= 11 is 0. The van der Waals surface area contributed by atoms with E-state index in [1.807, 2.05) is 0 Å². The Morgan fingerprint density at radius 3 is 2.45 bits per heavy atom. The number of rotatable bonds is 7. The highest BCUT2D eigenvalue weighted by atomic mass is 16.3. The smallest absolute Gasteiger partial charge is 0.0583 e. The molecule has 2 heteroatoms. The lowest BCUT2D eigenvalue weighted by molar-refractivity contribution is 0.126. The summed E-state index contributed by atoms with van der Waals surface area (Å²) in [6.07, 6.45) is 21.7. The average molecular weight is 459 g/mol. The van der Waals surface area contributed by atoms with Crippen molar-refractivity contribution in [3.05, 3.63) is 35.5 Å². The van der Waals surface area contributed by atoms with Crippen LogP contribution in [0.2, 0.25) is 0 Å². The van der Waals surface area contributed by atoms with Gasteiger partial charge in [0.05, 0.1) is 6.10 Å². The first-order chi connectivity index (χ1) is 15.6. The maximum Gasteiger partial charge on any atom is 0.0583 e. The Kier molecular flexibility index (Phi) is 11.4. The van der Waals surface area contributed by atoms with Gasteiger partial charge >= 0.3 is 0 Å². The molecule has 3 saturated carbocycles. The molecule has 2 N–H and O–H groups in total. The number of aliphatic hydroxyl groups is 2. The molecule has 0 aliphatic heterocycles. The summed E-state index contributed by atoms with van der Waals surface area (Å²) in [6, 6.07) is 0. The lowest BCUT2D eigenvalue weighted by Crippen LogP contribution is -2.33. The number of allylic oxidation sites excluding steroid dienone is 4. The molecule has 3 rings (SSSR count). The summed E-state index contributed by atoms with van der Waals surface area (Å²) in [5.74, 6) is 1.70. The molecule has 0 aromatic carbocycles. The van der Waals surface area contributed by atoms with E-state index in [0.29, 0.717) is 17.4 Å². The molecule has 0 amide bonds. The van der Waals surface area contributed by atoms with Gasteiger partial charge in [0.25, 0.3) is 0 Å². The zero-order valence-electron chi connectivity index (χ0n) is 22.6. The minimum Gasteiger partial charge on any atom is -0.396 e. The lowest BCUT2D eigenvalue weighted by Gasteiger charge is -2.42. The molecular formula is C31H54O2. The van der Waals surface area contributed by atoms with Gasteiger partial charge in [-0.1, -0.05) is 83.8 Å². The van der Waals surface area contributed by atoms with Gasteiger partial charge in [-0.3, -0.25) is 0 Å². The summed E-state index contributed by atoms with van der Waals surface area (Å²) in [5, 5.41) is 18.1. The minimum absolute atomic E-state index is 0.171. The molecule has 0 spiro atoms. The molecule has 0 bridgehead atoms. The van der Waals surface area contributed by atoms with E-state index in [2.05, 4.69) is 53.3 Å². The molecule has 4 atom stereocenters. The monoisotopic (exact) mass is 458 g/mol. The first-order valence-corrected chi connectivity index (χ1v) is 14.0. The molecule has 3 aliphatic carbocycles. The van der Waals surface area contributed by atoms with Gasteiger partial charge in [0, 0.05) is 6.61 Å². The topological polar surface area (TPSA) is 40.5 Å². The number of aliphatic hydroxyl groups excluding tert-OH is 2. The second-order valence-electron chi connectivity index (χ2n) is 12.5. The summed E-state index contributed by atoms with van der Waals surface area (Å²) in [4.78, 5) is 0. The number of hydrogen-bond donors (Lipinski definition) is 2. The Labute approximate surface area is 205 Å². The van der Waals surface area contributed by atoms with Crippen molar-refractivity contribution in [3.63, 3.8) is 0 Å². The second-order valence-corrected chi connectivity index (χ2v) is 12.5. The van der Waals surface area contributed by atoms with Crippen LogP contribution < -0.4 is 0 Å². The third-order valence-corrected chi connectivity index (χ3v) is 8.59. The predicted molar refractivity (Wildman–Crippen MR) is 143 cm³/mol. The van der Waals surface area contributed by atoms with Gasteiger partial charge in [0.2, 0.25) is 0 Å². The molecule has 0 aromatic rings. The SMILES string of the molecule is C=C1CCC(O)C/C1=C/C=C1\CCCC2(C)C(CCCCC(C)(C)C)CCC12.CCCCO. The summed E-state index contributed by atoms with van der Waals surface area (Å²) < 4.78 is 0. The van der Waals surface area contributed by atoms with Gasteiger partial charge in [0.1, 0.15) is 0 Å². The zero-order chi connectivity index (χ0) is 24.5. The Morgan fingerprint density at radius 2 is 1.82 bits per heavy atom. The van der Waals surface area contributed by atoms with E-state index in [9.17, 15) is 5.11 Å². The highest BCUT2D eigenvalue weighted by Gasteiger charge is 2.48. The normalized spacial score (nSPS) is 32.6. The predicted octanol–water partition coefficient (Wildman–Crippen LogP) is 8.54. The number of unbranched alkanes of at least 4 members (excludes halogenated alkanes) is 2. The maximum atomic E-state index is 10.0. The van der Waals surface area contributed by atoms with Crippen molar-refractivity contribution >= 4 is 0 Å². The Hall–Kier alpha value is -0.860. The van der Waals surface area contributed by atoms with E-state index in [1.54, 1.807) is 5.57 Å². The van der Waals surface area contributed by atoms with Gasteiger partial charge in [0.15, 0.2) is 0 Å². The maximum absolute atomic E-state index is 10.0. The molecule has 190 valence electrons. The molecule has 3 fully saturated rings. The first-order valence-electron chi connectivity index (χ1n) is 14.0. The van der Waals surface area contributed by atoms with E-state index in [4.69, 9.17) is 5.11 Å². The van der Waals surface area contributed by atoms with E-state index < -0.39 is 0 Å². The van der Waals surface area contributed by atoms with Crippen LogP contribution in [0.25, 0.3) is 0 Å². The minimum atomic E-state index is -0.171. The quantitative estimate of drug-likeness (QED) is 0.375. The van der Waals surface area contributed by atoms with Crippen LogP contribution in [0.5, 0.6) is 0 Å². The van der Waals surface area contributed by atoms with Crippen molar-refractivity contribution in [1.82, 2.24) is 0 Å². The standard InChI is InChI=1S/C27H44O.C4H10O/c1-20-11-15-24(28)19-22(20)13-12-21-9-8-18-27(5)23(14-16-25(21)27)10-6-7-17-26(2,3)4;1-2-3-4-5/h12-13,23-25,28H,1,6-11,14-19H2,2-5H3;5H,2-4H2,1H3/b21-12+,22-13-;. The lowest BCUT2D eigenvalue weighted by atomic mass is 9.62. The first kappa shape index (κ1) is 28.4. The fourth-order valence-electron chi connectivity index (χ4n) is 6.42. The highest BCUT2D eigenvalue weighted by molar-refractivity contribution is 5.36. The van der Waals surface area contributed by atoms with Gasteiger partial charge in [-0.2, -0.15) is 0 Å². The van der Waals surface area contributed by atoms with Crippen molar-refractivity contribution in [2.45, 2.75) is 131 Å². The van der Waals surface area contributed by atoms with Crippen LogP contribution in [0, 0.1) is 22.7 Å². The highest BCUT2D eigenvalue weighted by Crippen LogP contribution is 2.58. The third-order valence-electron chi connectivity index (χ3n) is 8.59. The molecule has 0 aromatic heterocycles. The van der Waals surface area contributed by atoms with E-state index in [-0.39, 0.29) is 6.10 Å². The van der Waals surface area contributed by atoms with Crippen molar-refractivity contribution < 1.29 is 10.2 Å². The molecule has 33 heavy (non-hydrogen) atoms. The van der Waals surface area contributed by atoms with E-state index >= 15 is 0 Å². The fourth-order valence-corrected chi connectivity index (χ4v) is 6.42. The Balaban J connectivity index is 0.000000696. The zero-order valence-corrected chi connectivity index (χ0v) is 22.6. The average Bonchev–Trinajstić information content (AvgIpc) is 3.09. The Bertz CT molecular complexity index is 663. The molecule has 4 unspecified atom stereocenters. The van der Waals surface area contributed by atoms with E-state index in [1.165, 1.54) is 68.9 Å². The summed E-state index contributed by atoms with van der Waals surface area (Å²) in [7, 11) is 0. The van der Waals surface area contributed by atoms with Gasteiger partial charge in [-0.25, -0.2) is 0 Å². The van der Waals surface area contributed by atoms with Crippen LogP contribution in [0.15, 0.2) is 35.5 Å². The molecular weight excluding hydrogens is 404 g/mol. The van der Waals surface area contributed by atoms with Crippen LogP contribution in [0.3, 0.4) is 0 Å². The molecule has 0 heterocycles. The largest absolute Gasteiger partial charge is 0.396 e. The molecule has 3 aliphatic rings. The fraction of sp³-hybridized carbons (Fsp3) is 0.806. The second kappa shape index (κ2) is 13.3. The van der Waals surface area contributed by atoms with Crippen LogP contribution in [-0.2, 0) is 0 Å².